The van der Waals surface area contributed by atoms with Gasteiger partial charge in [0.15, 0.2) is 0 Å². The number of aromatic hydroxyl groups is 1. The maximum Gasteiger partial charge on any atom is 0.492 e. The molecule has 130 valence electrons. The van der Waals surface area contributed by atoms with Gasteiger partial charge in [0.2, 0.25) is 5.91 Å². The molecule has 1 aromatic rings. The molecule has 0 aliphatic carbocycles. The highest BCUT2D eigenvalue weighted by atomic mass is 19.1. The highest BCUT2D eigenvalue weighted by Crippen LogP contribution is 2.39. The molecule has 1 aliphatic rings. The smallest absolute Gasteiger partial charge is 0.492 e. The number of amides is 1. The molecular weight excluding hydrogens is 312 g/mol. The van der Waals surface area contributed by atoms with E-state index in [1.165, 1.54) is 31.2 Å². The zero-order valence-corrected chi connectivity index (χ0v) is 14.6. The molecule has 24 heavy (non-hydrogen) atoms. The van der Waals surface area contributed by atoms with Crippen LogP contribution in [-0.4, -0.2) is 35.9 Å². The summed E-state index contributed by atoms with van der Waals surface area (Å²) >= 11 is 0. The quantitative estimate of drug-likeness (QED) is 0.830. The summed E-state index contributed by atoms with van der Waals surface area (Å²) in [6, 6.07) is 4.07. The van der Waals surface area contributed by atoms with Gasteiger partial charge in [0.1, 0.15) is 11.6 Å². The number of nitrogens with one attached hydrogen (secondary N) is 1. The molecule has 1 aliphatic heterocycles. The second kappa shape index (κ2) is 6.57. The summed E-state index contributed by atoms with van der Waals surface area (Å²) in [6.45, 7) is 9.14. The Kier molecular flexibility index (Phi) is 5.06. The fourth-order valence-corrected chi connectivity index (χ4v) is 2.28. The number of hydrogen-bond donors (Lipinski definition) is 2. The minimum absolute atomic E-state index is 0.0348. The molecule has 0 unspecified atom stereocenters. The standard InChI is InChI=1S/C17H23BFNO4/c1-11(21)20-10-12(9-13-14(19)7-6-8-15(13)22)18-23-16(2,3)17(4,5)24-18/h6-9,22H,10H2,1-5H3,(H,20,21). The molecule has 2 N–H and O–H groups in total. The van der Waals surface area contributed by atoms with Crippen molar-refractivity contribution in [3.05, 3.63) is 35.1 Å². The summed E-state index contributed by atoms with van der Waals surface area (Å²) in [6.07, 6.45) is 1.46. The van der Waals surface area contributed by atoms with Gasteiger partial charge in [0.05, 0.1) is 16.8 Å². The van der Waals surface area contributed by atoms with Gasteiger partial charge < -0.3 is 19.7 Å². The van der Waals surface area contributed by atoms with E-state index in [4.69, 9.17) is 9.31 Å². The van der Waals surface area contributed by atoms with Crippen molar-refractivity contribution in [3.63, 3.8) is 0 Å². The summed E-state index contributed by atoms with van der Waals surface area (Å²) in [4.78, 5) is 11.3. The summed E-state index contributed by atoms with van der Waals surface area (Å²) < 4.78 is 26.0. The van der Waals surface area contributed by atoms with Gasteiger partial charge in [-0.25, -0.2) is 4.39 Å². The minimum Gasteiger partial charge on any atom is -0.507 e. The summed E-state index contributed by atoms with van der Waals surface area (Å²) in [7, 11) is -0.749. The largest absolute Gasteiger partial charge is 0.507 e. The van der Waals surface area contributed by atoms with E-state index in [2.05, 4.69) is 5.32 Å². The normalized spacial score (nSPS) is 19.4. The maximum atomic E-state index is 14.0. The molecule has 0 spiro atoms. The fourth-order valence-electron chi connectivity index (χ4n) is 2.28. The topological polar surface area (TPSA) is 67.8 Å². The fraction of sp³-hybridized carbons (Fsp3) is 0.471. The molecule has 1 heterocycles. The van der Waals surface area contributed by atoms with Crippen LogP contribution in [0.1, 0.15) is 40.2 Å². The van der Waals surface area contributed by atoms with Crippen molar-refractivity contribution < 1.29 is 23.6 Å². The van der Waals surface area contributed by atoms with Crippen molar-refractivity contribution in [2.24, 2.45) is 0 Å². The SMILES string of the molecule is CC(=O)NCC(=Cc1c(O)cccc1F)B1OC(C)(C)C(C)(C)O1. The van der Waals surface area contributed by atoms with Crippen molar-refractivity contribution in [1.82, 2.24) is 5.32 Å². The molecule has 0 saturated carbocycles. The highest BCUT2D eigenvalue weighted by molar-refractivity contribution is 6.56. The number of rotatable bonds is 4. The first-order valence-electron chi connectivity index (χ1n) is 7.81. The Balaban J connectivity index is 2.39. The maximum absolute atomic E-state index is 14.0. The molecule has 1 saturated heterocycles. The lowest BCUT2D eigenvalue weighted by Gasteiger charge is -2.32. The number of benzene rings is 1. The Bertz CT molecular complexity index is 636. The monoisotopic (exact) mass is 335 g/mol. The van der Waals surface area contributed by atoms with Gasteiger partial charge in [-0.15, -0.1) is 0 Å². The van der Waals surface area contributed by atoms with Gasteiger partial charge in [0.25, 0.3) is 0 Å². The first-order valence-corrected chi connectivity index (χ1v) is 7.81. The Morgan fingerprint density at radius 2 is 1.88 bits per heavy atom. The number of halogens is 1. The first kappa shape index (κ1) is 18.5. The van der Waals surface area contributed by atoms with E-state index in [0.29, 0.717) is 5.47 Å². The number of hydrogen-bond acceptors (Lipinski definition) is 4. The van der Waals surface area contributed by atoms with Gasteiger partial charge in [-0.05, 0) is 45.3 Å². The van der Waals surface area contributed by atoms with Crippen LogP contribution in [0, 0.1) is 5.82 Å². The third-order valence-corrected chi connectivity index (χ3v) is 4.46. The van der Waals surface area contributed by atoms with Crippen LogP contribution in [0.2, 0.25) is 0 Å². The minimum atomic E-state index is -0.749. The lowest BCUT2D eigenvalue weighted by Crippen LogP contribution is -2.41. The predicted molar refractivity (Wildman–Crippen MR) is 90.8 cm³/mol. The van der Waals surface area contributed by atoms with Crippen LogP contribution in [0.5, 0.6) is 5.75 Å². The average Bonchev–Trinajstić information content (AvgIpc) is 2.65. The molecule has 0 bridgehead atoms. The molecule has 1 aromatic carbocycles. The molecule has 0 radical (unpaired) electrons. The number of phenolic OH excluding ortho intramolecular Hbond substituents is 1. The van der Waals surface area contributed by atoms with Gasteiger partial charge in [-0.2, -0.15) is 0 Å². The zero-order chi connectivity index (χ0) is 18.1. The Morgan fingerprint density at radius 1 is 1.29 bits per heavy atom. The molecule has 2 rings (SSSR count). The zero-order valence-electron chi connectivity index (χ0n) is 14.6. The van der Waals surface area contributed by atoms with E-state index in [1.54, 1.807) is 0 Å². The van der Waals surface area contributed by atoms with Crippen LogP contribution in [0.25, 0.3) is 6.08 Å². The first-order chi connectivity index (χ1) is 11.0. The Hall–Kier alpha value is -1.86. The van der Waals surface area contributed by atoms with Crippen LogP contribution in [-0.2, 0) is 14.1 Å². The summed E-state index contributed by atoms with van der Waals surface area (Å²) in [5.74, 6) is -0.978. The van der Waals surface area contributed by atoms with Crippen LogP contribution in [0.15, 0.2) is 23.7 Å². The van der Waals surface area contributed by atoms with E-state index < -0.39 is 24.1 Å². The van der Waals surface area contributed by atoms with Crippen LogP contribution in [0.4, 0.5) is 4.39 Å². The third kappa shape index (κ3) is 3.79. The van der Waals surface area contributed by atoms with Gasteiger partial charge >= 0.3 is 7.12 Å². The lowest BCUT2D eigenvalue weighted by atomic mass is 9.76. The lowest BCUT2D eigenvalue weighted by molar-refractivity contribution is -0.118. The molecular formula is C17H23BFNO4. The van der Waals surface area contributed by atoms with Crippen molar-refractivity contribution >= 4 is 19.1 Å². The summed E-state index contributed by atoms with van der Waals surface area (Å²) in [5, 5.41) is 12.6. The highest BCUT2D eigenvalue weighted by Gasteiger charge is 2.52. The van der Waals surface area contributed by atoms with Crippen LogP contribution < -0.4 is 5.32 Å². The Labute approximate surface area is 142 Å². The van der Waals surface area contributed by atoms with E-state index in [1.807, 2.05) is 27.7 Å². The average molecular weight is 335 g/mol. The Morgan fingerprint density at radius 3 is 2.38 bits per heavy atom. The van der Waals surface area contributed by atoms with E-state index in [9.17, 15) is 14.3 Å². The van der Waals surface area contributed by atoms with Crippen molar-refractivity contribution in [2.75, 3.05) is 6.54 Å². The van der Waals surface area contributed by atoms with E-state index in [0.717, 1.165) is 0 Å². The number of carbonyl (C=O) groups excluding carboxylic acids is 1. The molecule has 5 nitrogen and oxygen atoms in total. The van der Waals surface area contributed by atoms with E-state index >= 15 is 0 Å². The predicted octanol–water partition coefficient (Wildman–Crippen LogP) is 2.68. The van der Waals surface area contributed by atoms with Crippen molar-refractivity contribution in [3.8, 4) is 5.75 Å². The van der Waals surface area contributed by atoms with E-state index in [-0.39, 0.29) is 23.8 Å². The van der Waals surface area contributed by atoms with Crippen LogP contribution >= 0.6 is 0 Å². The van der Waals surface area contributed by atoms with Gasteiger partial charge in [-0.1, -0.05) is 12.1 Å². The second-order valence-electron chi connectivity index (χ2n) is 6.89. The molecule has 1 fully saturated rings. The van der Waals surface area contributed by atoms with Crippen molar-refractivity contribution in [1.29, 1.82) is 0 Å². The second-order valence-corrected chi connectivity index (χ2v) is 6.89. The summed E-state index contributed by atoms with van der Waals surface area (Å²) in [5.41, 5.74) is -0.578. The van der Waals surface area contributed by atoms with Crippen molar-refractivity contribution in [2.45, 2.75) is 45.8 Å². The van der Waals surface area contributed by atoms with Crippen LogP contribution in [0.3, 0.4) is 0 Å². The third-order valence-electron chi connectivity index (χ3n) is 4.46. The molecule has 7 heteroatoms. The molecule has 0 atom stereocenters. The molecule has 0 aromatic heterocycles. The number of phenols is 1. The molecule has 1 amide bonds. The van der Waals surface area contributed by atoms with Gasteiger partial charge in [-0.3, -0.25) is 4.79 Å². The number of carbonyl (C=O) groups is 1. The van der Waals surface area contributed by atoms with Gasteiger partial charge in [0, 0.05) is 13.5 Å².